The van der Waals surface area contributed by atoms with E-state index in [2.05, 4.69) is 28.0 Å². The molecule has 15 rings (SSSR count). The first-order chi connectivity index (χ1) is 44.2. The van der Waals surface area contributed by atoms with Gasteiger partial charge in [0.25, 0.3) is 23.6 Å². The molecule has 472 valence electrons. The summed E-state index contributed by atoms with van der Waals surface area (Å²) >= 11 is 0. The van der Waals surface area contributed by atoms with Gasteiger partial charge in [-0.3, -0.25) is 58.2 Å². The minimum absolute atomic E-state index is 0.000264. The molecule has 0 saturated carbocycles. The molecule has 0 spiro atoms. The molecule has 4 unspecified atom stereocenters. The molecule has 23 nitrogen and oxygen atoms in total. The van der Waals surface area contributed by atoms with Crippen LogP contribution in [0.1, 0.15) is 123 Å². The molecule has 2 fully saturated rings. The molecule has 9 heterocycles. The number of benzene rings is 5. The first kappa shape index (κ1) is 60.0. The van der Waals surface area contributed by atoms with Crippen molar-refractivity contribution in [2.24, 2.45) is 0 Å². The second-order valence-electron chi connectivity index (χ2n) is 25.2. The highest BCUT2D eigenvalue weighted by Crippen LogP contribution is 2.60. The van der Waals surface area contributed by atoms with E-state index in [0.717, 1.165) is 32.7 Å². The third-order valence-electron chi connectivity index (χ3n) is 20.9. The van der Waals surface area contributed by atoms with Crippen LogP contribution in [0.15, 0.2) is 83.1 Å². The molecule has 4 amide bonds. The minimum Gasteiger partial charge on any atom is -0.507 e. The summed E-state index contributed by atoms with van der Waals surface area (Å²) in [5, 5.41) is 56.2. The van der Waals surface area contributed by atoms with Gasteiger partial charge in [0.2, 0.25) is 18.4 Å². The molecule has 5 aromatic carbocycles. The summed E-state index contributed by atoms with van der Waals surface area (Å²) in [6.07, 6.45) is 1.41. The number of aryl methyl sites for hydroxylation is 2. The minimum atomic E-state index is -1.06. The summed E-state index contributed by atoms with van der Waals surface area (Å²) in [5.74, 6) is -1.38. The molecule has 9 aliphatic heterocycles. The molecule has 3 N–H and O–H groups in total. The fourth-order valence-electron chi connectivity index (χ4n) is 17.0. The number of aliphatic hydroxyl groups is 1. The molecule has 10 atom stereocenters. The van der Waals surface area contributed by atoms with Gasteiger partial charge in [-0.05, 0) is 114 Å². The normalized spacial score (nSPS) is 26.6. The number of amides is 4. The van der Waals surface area contributed by atoms with E-state index in [1.54, 1.807) is 69.7 Å². The Balaban J connectivity index is 0.000000160. The Bertz CT molecular complexity index is 4240. The highest BCUT2D eigenvalue weighted by atomic mass is 16.7. The average Bonchev–Trinajstić information content (AvgIpc) is 1.12. The van der Waals surface area contributed by atoms with Gasteiger partial charge in [0.1, 0.15) is 23.6 Å². The van der Waals surface area contributed by atoms with Crippen molar-refractivity contribution < 1.29 is 72.5 Å². The number of carbonyl (C=O) groups is 6. The Labute approximate surface area is 529 Å². The van der Waals surface area contributed by atoms with Crippen molar-refractivity contribution in [1.29, 1.82) is 10.5 Å². The zero-order chi connectivity index (χ0) is 64.9. The number of methoxy groups -OCH3 is 3. The number of aliphatic hydroxyl groups excluding tert-OH is 1. The van der Waals surface area contributed by atoms with Crippen LogP contribution >= 0.6 is 0 Å². The van der Waals surface area contributed by atoms with Gasteiger partial charge in [0, 0.05) is 88.9 Å². The number of nitriles is 2. The van der Waals surface area contributed by atoms with Crippen LogP contribution in [0.3, 0.4) is 0 Å². The van der Waals surface area contributed by atoms with Gasteiger partial charge in [-0.15, -0.1) is 0 Å². The molecule has 23 heteroatoms. The van der Waals surface area contributed by atoms with Gasteiger partial charge >= 0.3 is 0 Å². The number of ketones is 2. The first-order valence-electron chi connectivity index (χ1n) is 30.5. The summed E-state index contributed by atoms with van der Waals surface area (Å²) in [7, 11) is 8.56. The number of imide groups is 2. The van der Waals surface area contributed by atoms with Crippen molar-refractivity contribution in [2.75, 3.05) is 62.1 Å². The molecule has 92 heavy (non-hydrogen) atoms. The van der Waals surface area contributed by atoms with Crippen molar-refractivity contribution in [3.63, 3.8) is 0 Å². The number of rotatable bonds is 9. The number of carbonyl (C=O) groups excluding carboxylic acids is 6. The second kappa shape index (κ2) is 22.1. The van der Waals surface area contributed by atoms with Gasteiger partial charge in [-0.2, -0.15) is 10.5 Å². The number of phenolic OH excluding ortho intramolecular Hbond substituents is 2. The summed E-state index contributed by atoms with van der Waals surface area (Å²) < 4.78 is 34.9. The van der Waals surface area contributed by atoms with Gasteiger partial charge in [0.15, 0.2) is 41.3 Å². The molecular formula is C69H66N8O15. The van der Waals surface area contributed by atoms with E-state index in [-0.39, 0.29) is 102 Å². The number of nitrogens with zero attached hydrogens (tertiary/aromatic N) is 8. The highest BCUT2D eigenvalue weighted by molar-refractivity contribution is 6.50. The first-order valence-corrected chi connectivity index (χ1v) is 30.5. The van der Waals surface area contributed by atoms with E-state index >= 15 is 0 Å². The quantitative estimate of drug-likeness (QED) is 0.0629. The average molecular weight is 1250 g/mol. The van der Waals surface area contributed by atoms with E-state index < -0.39 is 71.4 Å². The number of allylic oxidation sites excluding steroid dienone is 2. The number of aromatic hydroxyl groups is 2. The number of ether oxygens (including phenoxy) is 6. The molecule has 1 aliphatic carbocycles. The van der Waals surface area contributed by atoms with Gasteiger partial charge in [-0.1, -0.05) is 36.4 Å². The number of likely N-dealkylation sites (N-methyl/N-ethyl adjacent to an activating group) is 2. The van der Waals surface area contributed by atoms with Crippen LogP contribution in [0.25, 0.3) is 0 Å². The summed E-state index contributed by atoms with van der Waals surface area (Å²) in [6.45, 7) is 6.62. The molecule has 0 radical (unpaired) electrons. The lowest BCUT2D eigenvalue weighted by atomic mass is 9.70. The molecule has 4 bridgehead atoms. The Morgan fingerprint density at radius 2 is 1.07 bits per heavy atom. The topological polar surface area (TPSA) is 286 Å². The maximum Gasteiger partial charge on any atom is 0.261 e. The van der Waals surface area contributed by atoms with E-state index in [1.165, 1.54) is 18.9 Å². The SMILES string of the molecule is COCOc1c(OC)c(C)cc2c1[C@@H]1C3Cc4c(O)c(C)c5c(c4[C@H](CN4C(=O)c6ccccc6C4=O)N3C(C#N)[C@H](C2)N1C)OCO5.COc1c(C)cc2c(c1O)[C@@H]1C3CC4=C(C(=O)C(=O)C(C)=C4O)[C@H](CN4C(=O)c5ccccc5C4=O)N3C(C#N)[C@H](C2)N1C. The fourth-order valence-corrected chi connectivity index (χ4v) is 17.0. The zero-order valence-corrected chi connectivity index (χ0v) is 52.0. The van der Waals surface area contributed by atoms with Crippen molar-refractivity contribution in [3.05, 3.63) is 155 Å². The lowest BCUT2D eigenvalue weighted by Crippen LogP contribution is -2.71. The lowest BCUT2D eigenvalue weighted by molar-refractivity contribution is -0.134. The highest BCUT2D eigenvalue weighted by Gasteiger charge is 2.61. The summed E-state index contributed by atoms with van der Waals surface area (Å²) in [5.41, 5.74) is 8.31. The number of piperazine rings is 2. The monoisotopic (exact) mass is 1250 g/mol. The number of hydrogen-bond acceptors (Lipinski definition) is 21. The molecule has 5 aromatic rings. The van der Waals surface area contributed by atoms with Crippen LogP contribution in [0.5, 0.6) is 40.2 Å². The standard InChI is InChI=1S/C36H36N4O8.C33H30N4O7/c1-17-10-19-11-23-25(13-37)40-24(29(38(23)3)27(19)33(31(17)45-5)46-15-44-4)12-22-28(34-32(47-16-48-34)18(2)30(22)41)26(40)14-39-35(42)20-8-6-7-9-21(20)36(39)43;1-14-9-16-10-20-22(12-34)37-21(26(35(20)3)24(16)30(41)31(14)44-4)11-19-25(29(40)28(39)15(2)27(19)38)23(37)13-36-32(42)17-7-5-6-8-18(17)33(36)43/h6-10,23-26,29,41H,11-12,14-16H2,1-5H3;5-9,20-23,26,38,41H,10-11,13H2,1-4H3/t23-,24?,25?,26-,29-;20-,21?,22?,23-,26-/m00/s1. The Morgan fingerprint density at radius 1 is 0.576 bits per heavy atom. The van der Waals surface area contributed by atoms with Crippen LogP contribution < -0.4 is 23.7 Å². The maximum atomic E-state index is 13.8. The fraction of sp³-hybridized carbons (Fsp3) is 0.391. The number of fused-ring (bicyclic) bond motifs is 17. The van der Waals surface area contributed by atoms with E-state index in [9.17, 15) is 54.6 Å². The lowest BCUT2D eigenvalue weighted by Gasteiger charge is -2.60. The van der Waals surface area contributed by atoms with Crippen LogP contribution in [-0.4, -0.2) is 184 Å². The van der Waals surface area contributed by atoms with Gasteiger partial charge in [-0.25, -0.2) is 0 Å². The summed E-state index contributed by atoms with van der Waals surface area (Å²) in [6, 6.07) is 16.7. The van der Waals surface area contributed by atoms with Crippen LogP contribution in [0.2, 0.25) is 0 Å². The predicted octanol–water partition coefficient (Wildman–Crippen LogP) is 6.33. The number of phenols is 2. The Hall–Kier alpha value is -9.62. The zero-order valence-electron chi connectivity index (χ0n) is 52.0. The van der Waals surface area contributed by atoms with Gasteiger partial charge in [0.05, 0.1) is 72.8 Å². The van der Waals surface area contributed by atoms with Crippen molar-refractivity contribution in [2.45, 2.75) is 114 Å². The van der Waals surface area contributed by atoms with Crippen LogP contribution in [0.4, 0.5) is 0 Å². The van der Waals surface area contributed by atoms with Crippen molar-refractivity contribution >= 4 is 35.2 Å². The maximum absolute atomic E-state index is 13.8. The van der Waals surface area contributed by atoms with E-state index in [4.69, 9.17) is 28.4 Å². The third kappa shape index (κ3) is 8.34. The van der Waals surface area contributed by atoms with E-state index in [1.807, 2.05) is 43.8 Å². The second-order valence-corrected chi connectivity index (χ2v) is 25.2. The van der Waals surface area contributed by atoms with Crippen molar-refractivity contribution in [3.8, 4) is 52.4 Å². The van der Waals surface area contributed by atoms with E-state index in [0.29, 0.717) is 81.4 Å². The molecule has 10 aliphatic rings. The van der Waals surface area contributed by atoms with Crippen LogP contribution in [-0.2, 0) is 33.6 Å². The Morgan fingerprint density at radius 3 is 1.60 bits per heavy atom. The third-order valence-corrected chi connectivity index (χ3v) is 20.9. The van der Waals surface area contributed by atoms with Crippen LogP contribution in [0, 0.1) is 43.4 Å². The largest absolute Gasteiger partial charge is 0.507 e. The molecular weight excluding hydrogens is 1180 g/mol. The van der Waals surface area contributed by atoms with Gasteiger partial charge < -0.3 is 43.7 Å². The Kier molecular flexibility index (Phi) is 14.4. The smallest absolute Gasteiger partial charge is 0.261 e. The predicted molar refractivity (Wildman–Crippen MR) is 325 cm³/mol. The van der Waals surface area contributed by atoms with Crippen molar-refractivity contribution in [1.82, 2.24) is 29.4 Å². The summed E-state index contributed by atoms with van der Waals surface area (Å²) in [4.78, 5) is 91.9. The number of Topliss-reactive ketones (excluding diaryl/α,β-unsaturated/α-hetero) is 2. The molecule has 2 saturated heterocycles. The molecule has 0 aromatic heterocycles. The number of hydrogen-bond donors (Lipinski definition) is 3.